The molecule has 0 spiro atoms. The van der Waals surface area contributed by atoms with Crippen LogP contribution in [0.15, 0.2) is 65.7 Å². The van der Waals surface area contributed by atoms with Crippen LogP contribution in [0.5, 0.6) is 17.2 Å². The highest BCUT2D eigenvalue weighted by atomic mass is 32.2. The van der Waals surface area contributed by atoms with Crippen molar-refractivity contribution in [1.29, 1.82) is 0 Å². The number of amides is 1. The number of nitrogens with one attached hydrogen (secondary N) is 2. The molecule has 2 atom stereocenters. The van der Waals surface area contributed by atoms with Crippen LogP contribution < -0.4 is 24.8 Å². The number of aliphatic hydroxyl groups excluding tert-OH is 1. The number of aliphatic hydroxyl groups is 1. The van der Waals surface area contributed by atoms with Crippen molar-refractivity contribution >= 4 is 21.9 Å². The quantitative estimate of drug-likeness (QED) is 0.172. The number of carbonyl (C=O) groups is 1. The van der Waals surface area contributed by atoms with E-state index in [0.29, 0.717) is 42.5 Å². The van der Waals surface area contributed by atoms with Crippen LogP contribution >= 0.6 is 0 Å². The van der Waals surface area contributed by atoms with Gasteiger partial charge in [-0.3, -0.25) is 0 Å². The van der Waals surface area contributed by atoms with E-state index in [1.807, 2.05) is 0 Å². The van der Waals surface area contributed by atoms with Gasteiger partial charge >= 0.3 is 12.3 Å². The van der Waals surface area contributed by atoms with E-state index >= 15 is 0 Å². The molecule has 1 aromatic heterocycles. The van der Waals surface area contributed by atoms with Gasteiger partial charge in [-0.1, -0.05) is 12.1 Å². The van der Waals surface area contributed by atoms with Crippen molar-refractivity contribution in [3.63, 3.8) is 0 Å². The highest BCUT2D eigenvalue weighted by molar-refractivity contribution is 7.89. The van der Waals surface area contributed by atoms with Crippen molar-refractivity contribution in [2.24, 2.45) is 0 Å². The summed E-state index contributed by atoms with van der Waals surface area (Å²) in [5.74, 6) is 1.55. The number of carboxylic acid groups (broad SMARTS) is 1. The second-order valence-electron chi connectivity index (χ2n) is 10.7. The van der Waals surface area contributed by atoms with Crippen molar-refractivity contribution in [2.75, 3.05) is 31.8 Å². The van der Waals surface area contributed by atoms with Gasteiger partial charge in [0.15, 0.2) is 11.5 Å². The molecule has 4 rings (SSSR count). The average Bonchev–Trinajstić information content (AvgIpc) is 3.47. The molecule has 0 saturated carbocycles. The first-order valence-corrected chi connectivity index (χ1v) is 15.8. The van der Waals surface area contributed by atoms with Gasteiger partial charge in [0.1, 0.15) is 11.6 Å². The monoisotopic (exact) mass is 668 g/mol. The highest BCUT2D eigenvalue weighted by Crippen LogP contribution is 2.35. The number of hydrogen-bond acceptors (Lipinski definition) is 9. The van der Waals surface area contributed by atoms with E-state index < -0.39 is 46.0 Å². The fourth-order valence-electron chi connectivity index (χ4n) is 4.63. The lowest BCUT2D eigenvalue weighted by molar-refractivity contribution is -0.137. The Morgan fingerprint density at radius 3 is 2.43 bits per heavy atom. The summed E-state index contributed by atoms with van der Waals surface area (Å²) in [6.07, 6.45) is -5.87. The third-order valence-electron chi connectivity index (χ3n) is 7.03. The van der Waals surface area contributed by atoms with Gasteiger partial charge in [-0.15, -0.1) is 0 Å². The number of hydrogen-bond donors (Lipinski definition) is 4. The third kappa shape index (κ3) is 9.14. The summed E-state index contributed by atoms with van der Waals surface area (Å²) in [7, 11) is -4.10. The zero-order valence-corrected chi connectivity index (χ0v) is 25.8. The van der Waals surface area contributed by atoms with Gasteiger partial charge in [-0.25, -0.2) is 18.2 Å². The van der Waals surface area contributed by atoms with Crippen molar-refractivity contribution in [2.45, 2.75) is 55.9 Å². The Morgan fingerprint density at radius 1 is 1.09 bits per heavy atom. The zero-order valence-electron chi connectivity index (χ0n) is 25.0. The molecule has 0 fully saturated rings. The second kappa shape index (κ2) is 14.9. The zero-order chi connectivity index (χ0) is 33.5. The minimum absolute atomic E-state index is 0.0227. The first-order valence-electron chi connectivity index (χ1n) is 14.3. The van der Waals surface area contributed by atoms with Gasteiger partial charge in [-0.2, -0.15) is 17.5 Å². The fourth-order valence-corrected chi connectivity index (χ4v) is 6.30. The summed E-state index contributed by atoms with van der Waals surface area (Å²) in [6.45, 7) is 3.61. The lowest BCUT2D eigenvalue weighted by Crippen LogP contribution is -2.51. The molecule has 16 heteroatoms. The summed E-state index contributed by atoms with van der Waals surface area (Å²) in [5.41, 5.74) is -0.164. The Kier molecular flexibility index (Phi) is 11.2. The van der Waals surface area contributed by atoms with Crippen LogP contribution in [0.1, 0.15) is 31.4 Å². The lowest BCUT2D eigenvalue weighted by Gasteiger charge is -2.31. The molecule has 12 nitrogen and oxygen atoms in total. The number of nitrogens with zero attached hydrogens (tertiary/aromatic N) is 2. The molecule has 1 aliphatic heterocycles. The fraction of sp³-hybridized carbons (Fsp3) is 0.400. The van der Waals surface area contributed by atoms with Gasteiger partial charge < -0.3 is 35.1 Å². The number of benzene rings is 2. The third-order valence-corrected chi connectivity index (χ3v) is 9.07. The van der Waals surface area contributed by atoms with Gasteiger partial charge in [0.2, 0.25) is 16.8 Å². The van der Waals surface area contributed by atoms with Crippen LogP contribution in [0.3, 0.4) is 0 Å². The molecule has 0 unspecified atom stereocenters. The Morgan fingerprint density at radius 2 is 1.80 bits per heavy atom. The van der Waals surface area contributed by atoms with Crippen LogP contribution in [-0.4, -0.2) is 78.7 Å². The Hall–Kier alpha value is -4.28. The number of fused-ring (bicyclic) bond motifs is 1. The van der Waals surface area contributed by atoms with Gasteiger partial charge in [0.25, 0.3) is 0 Å². The summed E-state index contributed by atoms with van der Waals surface area (Å²) in [4.78, 5) is 15.3. The number of rotatable bonds is 15. The predicted octanol–water partition coefficient (Wildman–Crippen LogP) is 4.35. The summed E-state index contributed by atoms with van der Waals surface area (Å²) in [5, 5.41) is 25.7. The van der Waals surface area contributed by atoms with Crippen LogP contribution in [-0.2, 0) is 22.6 Å². The summed E-state index contributed by atoms with van der Waals surface area (Å²) in [6, 6.07) is 11.6. The van der Waals surface area contributed by atoms with E-state index in [0.717, 1.165) is 16.6 Å². The SMILES string of the molecule is CC(C)N(C[C@@H](O)[C@H](Cc1ccc(OCCCNc2ccc(C(F)(F)F)cn2)cc1)NC(=O)O)S(=O)(=O)c1ccc2c(c1)OCO2. The normalized spacial score (nSPS) is 14.3. The van der Waals surface area contributed by atoms with Crippen molar-refractivity contribution < 1.29 is 50.8 Å². The van der Waals surface area contributed by atoms with Crippen LogP contribution in [0.25, 0.3) is 0 Å². The van der Waals surface area contributed by atoms with Crippen molar-refractivity contribution in [3.8, 4) is 17.2 Å². The van der Waals surface area contributed by atoms with Gasteiger partial charge in [0, 0.05) is 31.4 Å². The molecule has 3 aromatic rings. The van der Waals surface area contributed by atoms with E-state index in [9.17, 15) is 36.6 Å². The molecule has 1 aliphatic rings. The van der Waals surface area contributed by atoms with E-state index in [4.69, 9.17) is 14.2 Å². The number of ether oxygens (including phenoxy) is 3. The molecule has 0 saturated heterocycles. The number of halogens is 3. The largest absolute Gasteiger partial charge is 0.494 e. The molecule has 4 N–H and O–H groups in total. The molecule has 1 amide bonds. The number of alkyl halides is 3. The maximum atomic E-state index is 13.5. The topological polar surface area (TPSA) is 160 Å². The standard InChI is InChI=1S/C30H35F3N4O8S/c1-19(2)37(46(41,42)23-9-10-26-27(15-23)45-18-44-26)17-25(38)24(36-29(39)40)14-20-4-7-22(8-5-20)43-13-3-12-34-28-11-6-21(16-35-28)30(31,32)33/h4-11,15-16,19,24-25,36,38H,3,12-14,17-18H2,1-2H3,(H,34,35)(H,39,40)/t24-,25+/m0/s1. The molecule has 2 aromatic carbocycles. The number of aromatic nitrogens is 1. The first-order chi connectivity index (χ1) is 21.7. The molecule has 250 valence electrons. The number of sulfonamides is 1. The smallest absolute Gasteiger partial charge is 0.417 e. The van der Waals surface area contributed by atoms with Crippen molar-refractivity contribution in [1.82, 2.24) is 14.6 Å². The Balaban J connectivity index is 1.31. The van der Waals surface area contributed by atoms with E-state index in [-0.39, 0.29) is 30.4 Å². The maximum Gasteiger partial charge on any atom is 0.417 e. The molecule has 0 aliphatic carbocycles. The number of pyridine rings is 1. The Bertz CT molecular complexity index is 1570. The first kappa shape index (κ1) is 34.6. The van der Waals surface area contributed by atoms with Crippen molar-refractivity contribution in [3.05, 3.63) is 71.9 Å². The minimum Gasteiger partial charge on any atom is -0.494 e. The lowest BCUT2D eigenvalue weighted by atomic mass is 10.0. The summed E-state index contributed by atoms with van der Waals surface area (Å²) < 4.78 is 82.4. The summed E-state index contributed by atoms with van der Waals surface area (Å²) >= 11 is 0. The van der Waals surface area contributed by atoms with E-state index in [2.05, 4.69) is 15.6 Å². The molecule has 0 bridgehead atoms. The predicted molar refractivity (Wildman–Crippen MR) is 161 cm³/mol. The number of anilines is 1. The molecule has 46 heavy (non-hydrogen) atoms. The van der Waals surface area contributed by atoms with Gasteiger partial charge in [-0.05, 0) is 68.7 Å². The van der Waals surface area contributed by atoms with Crippen LogP contribution in [0, 0.1) is 0 Å². The highest BCUT2D eigenvalue weighted by Gasteiger charge is 2.34. The maximum absolute atomic E-state index is 13.5. The van der Waals surface area contributed by atoms with Crippen LogP contribution in [0.2, 0.25) is 0 Å². The molecular formula is C30H35F3N4O8S. The van der Waals surface area contributed by atoms with Crippen LogP contribution in [0.4, 0.5) is 23.8 Å². The Labute approximate surface area is 264 Å². The molecular weight excluding hydrogens is 633 g/mol. The van der Waals surface area contributed by atoms with E-state index in [1.165, 1.54) is 24.3 Å². The minimum atomic E-state index is -4.45. The molecule has 2 heterocycles. The average molecular weight is 669 g/mol. The van der Waals surface area contributed by atoms with E-state index in [1.54, 1.807) is 38.1 Å². The van der Waals surface area contributed by atoms with Gasteiger partial charge in [0.05, 0.1) is 29.2 Å². The second-order valence-corrected chi connectivity index (χ2v) is 12.6. The molecule has 0 radical (unpaired) electrons.